The zero-order valence-electron chi connectivity index (χ0n) is 7.23. The summed E-state index contributed by atoms with van der Waals surface area (Å²) < 4.78 is 0. The summed E-state index contributed by atoms with van der Waals surface area (Å²) in [5, 5.41) is 3.33. The van der Waals surface area contributed by atoms with Crippen LogP contribution in [0.15, 0.2) is 0 Å². The van der Waals surface area contributed by atoms with Gasteiger partial charge in [0.05, 0.1) is 0 Å². The van der Waals surface area contributed by atoms with Crippen molar-refractivity contribution < 1.29 is 0 Å². The zero-order chi connectivity index (χ0) is 8.16. The summed E-state index contributed by atoms with van der Waals surface area (Å²) in [6.07, 6.45) is 4.96. The molecule has 0 radical (unpaired) electrons. The zero-order valence-corrected chi connectivity index (χ0v) is 8.04. The minimum atomic E-state index is -0.0881. The van der Waals surface area contributed by atoms with E-state index < -0.39 is 0 Å². The molecular weight excluding hydrogens is 156 g/mol. The lowest BCUT2D eigenvalue weighted by molar-refractivity contribution is 0.459. The molecule has 1 unspecified atom stereocenters. The summed E-state index contributed by atoms with van der Waals surface area (Å²) in [5.41, 5.74) is 6.05. The highest BCUT2D eigenvalue weighted by molar-refractivity contribution is 8.00. The Balaban J connectivity index is 2.13. The van der Waals surface area contributed by atoms with Crippen LogP contribution in [0.4, 0.5) is 0 Å². The van der Waals surface area contributed by atoms with E-state index in [0.29, 0.717) is 0 Å². The summed E-state index contributed by atoms with van der Waals surface area (Å²) in [6, 6.07) is 0. The maximum atomic E-state index is 6.05. The van der Waals surface area contributed by atoms with Crippen LogP contribution in [0.5, 0.6) is 0 Å². The van der Waals surface area contributed by atoms with E-state index in [0.717, 1.165) is 13.0 Å². The number of rotatable bonds is 4. The average molecular weight is 174 g/mol. The van der Waals surface area contributed by atoms with Gasteiger partial charge in [-0.25, -0.2) is 0 Å². The molecule has 1 heterocycles. The van der Waals surface area contributed by atoms with Crippen molar-refractivity contribution in [2.45, 2.75) is 37.6 Å². The minimum absolute atomic E-state index is 0.0881. The summed E-state index contributed by atoms with van der Waals surface area (Å²) >= 11 is 1.86. The second-order valence-corrected chi connectivity index (χ2v) is 4.55. The fraction of sp³-hybridized carbons (Fsp3) is 1.00. The molecule has 0 saturated carbocycles. The first-order valence-corrected chi connectivity index (χ1v) is 5.43. The molecule has 11 heavy (non-hydrogen) atoms. The maximum absolute atomic E-state index is 6.05. The van der Waals surface area contributed by atoms with Gasteiger partial charge in [-0.2, -0.15) is 0 Å². The first-order chi connectivity index (χ1) is 5.27. The Kier molecular flexibility index (Phi) is 3.69. The molecule has 1 aliphatic rings. The molecule has 0 spiro atoms. The van der Waals surface area contributed by atoms with Crippen molar-refractivity contribution in [1.82, 2.24) is 5.32 Å². The fourth-order valence-electron chi connectivity index (χ4n) is 1.34. The molecule has 1 fully saturated rings. The van der Waals surface area contributed by atoms with Crippen LogP contribution < -0.4 is 11.1 Å². The van der Waals surface area contributed by atoms with Gasteiger partial charge in [0, 0.05) is 12.3 Å². The second-order valence-electron chi connectivity index (χ2n) is 3.12. The lowest BCUT2D eigenvalue weighted by atomic mass is 10.2. The number of thioether (sulfide) groups is 1. The quantitative estimate of drug-likeness (QED) is 0.635. The molecule has 1 aliphatic heterocycles. The van der Waals surface area contributed by atoms with Crippen molar-refractivity contribution >= 4 is 11.8 Å². The Bertz CT molecular complexity index is 111. The molecule has 3 heteroatoms. The third kappa shape index (κ3) is 3.01. The molecule has 0 amide bonds. The van der Waals surface area contributed by atoms with Crippen molar-refractivity contribution in [3.63, 3.8) is 0 Å². The summed E-state index contributed by atoms with van der Waals surface area (Å²) in [7, 11) is 0. The molecule has 3 N–H and O–H groups in total. The summed E-state index contributed by atoms with van der Waals surface area (Å²) in [5.74, 6) is 1.17. The van der Waals surface area contributed by atoms with Gasteiger partial charge in [-0.1, -0.05) is 19.8 Å². The predicted molar refractivity (Wildman–Crippen MR) is 51.5 cm³/mol. The Hall–Kier alpha value is 0.270. The molecule has 1 rings (SSSR count). The van der Waals surface area contributed by atoms with E-state index in [9.17, 15) is 0 Å². The predicted octanol–water partition coefficient (Wildman–Crippen LogP) is 1.52. The summed E-state index contributed by atoms with van der Waals surface area (Å²) in [4.78, 5) is -0.0881. The highest BCUT2D eigenvalue weighted by Crippen LogP contribution is 2.26. The van der Waals surface area contributed by atoms with E-state index in [-0.39, 0.29) is 4.99 Å². The van der Waals surface area contributed by atoms with Gasteiger partial charge in [-0.3, -0.25) is 5.32 Å². The van der Waals surface area contributed by atoms with Gasteiger partial charge < -0.3 is 5.73 Å². The Morgan fingerprint density at radius 2 is 2.36 bits per heavy atom. The molecule has 1 atom stereocenters. The Morgan fingerprint density at radius 1 is 1.55 bits per heavy atom. The lowest BCUT2D eigenvalue weighted by Crippen LogP contribution is -2.46. The lowest BCUT2D eigenvalue weighted by Gasteiger charge is -2.22. The van der Waals surface area contributed by atoms with Gasteiger partial charge in [-0.05, 0) is 12.8 Å². The normalized spacial score (nSPS) is 31.1. The number of unbranched alkanes of at least 4 members (excludes halogenated alkanes) is 2. The number of nitrogens with one attached hydrogen (secondary N) is 1. The van der Waals surface area contributed by atoms with E-state index in [1.807, 2.05) is 11.8 Å². The van der Waals surface area contributed by atoms with Gasteiger partial charge in [0.25, 0.3) is 0 Å². The molecule has 0 aromatic carbocycles. The highest BCUT2D eigenvalue weighted by atomic mass is 32.2. The van der Waals surface area contributed by atoms with Gasteiger partial charge in [0.15, 0.2) is 0 Å². The Morgan fingerprint density at radius 3 is 2.91 bits per heavy atom. The van der Waals surface area contributed by atoms with Crippen LogP contribution in [0, 0.1) is 0 Å². The van der Waals surface area contributed by atoms with Crippen LogP contribution in [-0.4, -0.2) is 17.3 Å². The SMILES string of the molecule is CCCCCC1(N)NCCS1. The van der Waals surface area contributed by atoms with Gasteiger partial charge in [0.2, 0.25) is 0 Å². The molecule has 0 aromatic rings. The highest BCUT2D eigenvalue weighted by Gasteiger charge is 2.28. The molecule has 0 aromatic heterocycles. The van der Waals surface area contributed by atoms with E-state index in [2.05, 4.69) is 12.2 Å². The maximum Gasteiger partial charge on any atom is 0.114 e. The molecule has 66 valence electrons. The van der Waals surface area contributed by atoms with E-state index in [4.69, 9.17) is 5.73 Å². The second kappa shape index (κ2) is 4.33. The third-order valence-electron chi connectivity index (χ3n) is 2.04. The van der Waals surface area contributed by atoms with Gasteiger partial charge in [0.1, 0.15) is 4.99 Å². The third-order valence-corrected chi connectivity index (χ3v) is 3.31. The minimum Gasteiger partial charge on any atom is -0.305 e. The van der Waals surface area contributed by atoms with Crippen LogP contribution in [0.1, 0.15) is 32.6 Å². The largest absolute Gasteiger partial charge is 0.305 e. The number of hydrogen-bond acceptors (Lipinski definition) is 3. The Labute approximate surface area is 73.3 Å². The van der Waals surface area contributed by atoms with Crippen molar-refractivity contribution in [1.29, 1.82) is 0 Å². The fourth-order valence-corrected chi connectivity index (χ4v) is 2.41. The standard InChI is InChI=1S/C8H18N2S/c1-2-3-4-5-8(9)10-6-7-11-8/h10H,2-7,9H2,1H3. The first-order valence-electron chi connectivity index (χ1n) is 4.45. The average Bonchev–Trinajstić information content (AvgIpc) is 2.38. The summed E-state index contributed by atoms with van der Waals surface area (Å²) in [6.45, 7) is 3.30. The van der Waals surface area contributed by atoms with Crippen LogP contribution in [-0.2, 0) is 0 Å². The van der Waals surface area contributed by atoms with Gasteiger partial charge in [-0.15, -0.1) is 11.8 Å². The topological polar surface area (TPSA) is 38.0 Å². The van der Waals surface area contributed by atoms with Crippen molar-refractivity contribution in [2.75, 3.05) is 12.3 Å². The molecule has 0 bridgehead atoms. The van der Waals surface area contributed by atoms with Crippen LogP contribution in [0.3, 0.4) is 0 Å². The molecular formula is C8H18N2S. The van der Waals surface area contributed by atoms with Crippen molar-refractivity contribution in [2.24, 2.45) is 5.73 Å². The van der Waals surface area contributed by atoms with E-state index >= 15 is 0 Å². The van der Waals surface area contributed by atoms with E-state index in [1.165, 1.54) is 25.0 Å². The monoisotopic (exact) mass is 174 g/mol. The molecule has 2 nitrogen and oxygen atoms in total. The van der Waals surface area contributed by atoms with Crippen LogP contribution >= 0.6 is 11.8 Å². The van der Waals surface area contributed by atoms with Crippen LogP contribution in [0.2, 0.25) is 0 Å². The van der Waals surface area contributed by atoms with E-state index in [1.54, 1.807) is 0 Å². The smallest absolute Gasteiger partial charge is 0.114 e. The van der Waals surface area contributed by atoms with Crippen LogP contribution in [0.25, 0.3) is 0 Å². The van der Waals surface area contributed by atoms with Gasteiger partial charge >= 0.3 is 0 Å². The number of nitrogens with two attached hydrogens (primary N) is 1. The molecule has 1 saturated heterocycles. The van der Waals surface area contributed by atoms with Crippen molar-refractivity contribution in [3.05, 3.63) is 0 Å². The first kappa shape index (κ1) is 9.36. The molecule has 0 aliphatic carbocycles. The number of hydrogen-bond donors (Lipinski definition) is 2. The van der Waals surface area contributed by atoms with Crippen molar-refractivity contribution in [3.8, 4) is 0 Å².